The second kappa shape index (κ2) is 8.36. The van der Waals surface area contributed by atoms with Crippen molar-refractivity contribution in [2.75, 3.05) is 6.54 Å². The third-order valence-corrected chi connectivity index (χ3v) is 5.51. The molecule has 0 aliphatic rings. The molecule has 2 aromatic rings. The molecular weight excluding hydrogens is 351 g/mol. The first kappa shape index (κ1) is 18.6. The maximum absolute atomic E-state index is 12.8. The number of carbonyl (C=O) groups is 1. The Hall–Kier alpha value is -1.77. The third kappa shape index (κ3) is 5.70. The second-order valence-electron chi connectivity index (χ2n) is 5.41. The fourth-order valence-corrected chi connectivity index (χ4v) is 3.87. The lowest BCUT2D eigenvalue weighted by Crippen LogP contribution is -2.36. The molecule has 0 radical (unpaired) electrons. The van der Waals surface area contributed by atoms with E-state index in [-0.39, 0.29) is 29.8 Å². The van der Waals surface area contributed by atoms with Crippen LogP contribution in [0.15, 0.2) is 46.0 Å². The van der Waals surface area contributed by atoms with E-state index < -0.39 is 15.8 Å². The lowest BCUT2D eigenvalue weighted by molar-refractivity contribution is -0.121. The van der Waals surface area contributed by atoms with Gasteiger partial charge in [0.05, 0.1) is 4.90 Å². The van der Waals surface area contributed by atoms with E-state index in [1.807, 2.05) is 23.8 Å². The summed E-state index contributed by atoms with van der Waals surface area (Å²) in [6, 6.07) is 6.49. The molecule has 0 fully saturated rings. The zero-order valence-electron chi connectivity index (χ0n) is 13.2. The summed E-state index contributed by atoms with van der Waals surface area (Å²) in [5.74, 6) is -0.729. The Morgan fingerprint density at radius 2 is 1.96 bits per heavy atom. The Bertz CT molecular complexity index is 759. The number of carbonyl (C=O) groups excluding carboxylic acids is 1. The van der Waals surface area contributed by atoms with Gasteiger partial charge in [0.2, 0.25) is 15.9 Å². The van der Waals surface area contributed by atoms with Crippen molar-refractivity contribution in [3.8, 4) is 0 Å². The Kier molecular flexibility index (Phi) is 6.47. The number of sulfonamides is 1. The van der Waals surface area contributed by atoms with E-state index in [9.17, 15) is 17.6 Å². The van der Waals surface area contributed by atoms with Crippen molar-refractivity contribution in [2.24, 2.45) is 0 Å². The number of halogens is 1. The first-order valence-electron chi connectivity index (χ1n) is 7.42. The minimum absolute atomic E-state index is 0.0171. The monoisotopic (exact) mass is 370 g/mol. The molecule has 130 valence electrons. The Labute approximate surface area is 145 Å². The molecule has 8 heteroatoms. The van der Waals surface area contributed by atoms with Gasteiger partial charge >= 0.3 is 0 Å². The molecule has 1 amide bonds. The number of amides is 1. The van der Waals surface area contributed by atoms with Gasteiger partial charge in [-0.1, -0.05) is 0 Å². The maximum atomic E-state index is 12.8. The average Bonchev–Trinajstić information content (AvgIpc) is 3.00. The van der Waals surface area contributed by atoms with Crippen LogP contribution in [0.1, 0.15) is 18.9 Å². The van der Waals surface area contributed by atoms with Crippen LogP contribution in [-0.2, 0) is 21.2 Å². The van der Waals surface area contributed by atoms with Gasteiger partial charge in [-0.15, -0.1) is 0 Å². The molecule has 0 spiro atoms. The summed E-state index contributed by atoms with van der Waals surface area (Å²) in [6.45, 7) is 1.88. The van der Waals surface area contributed by atoms with Gasteiger partial charge in [0.1, 0.15) is 5.82 Å². The molecular formula is C16H19FN2O3S2. The summed E-state index contributed by atoms with van der Waals surface area (Å²) in [6.07, 6.45) is 0.769. The Morgan fingerprint density at radius 1 is 1.25 bits per heavy atom. The summed E-state index contributed by atoms with van der Waals surface area (Å²) in [7, 11) is -3.74. The zero-order chi connectivity index (χ0) is 17.6. The molecule has 1 aromatic heterocycles. The van der Waals surface area contributed by atoms with E-state index in [0.717, 1.165) is 24.1 Å². The molecule has 0 saturated heterocycles. The molecule has 0 saturated carbocycles. The molecule has 24 heavy (non-hydrogen) atoms. The first-order chi connectivity index (χ1) is 11.4. The van der Waals surface area contributed by atoms with Crippen molar-refractivity contribution in [2.45, 2.75) is 30.7 Å². The highest BCUT2D eigenvalue weighted by molar-refractivity contribution is 7.89. The smallest absolute Gasteiger partial charge is 0.240 e. The fourth-order valence-electron chi connectivity index (χ4n) is 2.16. The summed E-state index contributed by atoms with van der Waals surface area (Å²) in [5.41, 5.74) is 1.16. The van der Waals surface area contributed by atoms with Gasteiger partial charge in [-0.2, -0.15) is 11.3 Å². The topological polar surface area (TPSA) is 75.3 Å². The molecule has 0 unspecified atom stereocenters. The summed E-state index contributed by atoms with van der Waals surface area (Å²) >= 11 is 1.60. The van der Waals surface area contributed by atoms with Crippen LogP contribution in [0.5, 0.6) is 0 Å². The van der Waals surface area contributed by atoms with Gasteiger partial charge in [0.15, 0.2) is 0 Å². The van der Waals surface area contributed by atoms with Crippen LogP contribution in [0.2, 0.25) is 0 Å². The first-order valence-corrected chi connectivity index (χ1v) is 9.85. The molecule has 0 bridgehead atoms. The van der Waals surface area contributed by atoms with Crippen molar-refractivity contribution < 1.29 is 17.6 Å². The normalized spacial score (nSPS) is 12.8. The van der Waals surface area contributed by atoms with Crippen LogP contribution in [0.4, 0.5) is 4.39 Å². The van der Waals surface area contributed by atoms with Gasteiger partial charge in [-0.25, -0.2) is 17.5 Å². The number of rotatable bonds is 8. The average molecular weight is 370 g/mol. The minimum Gasteiger partial charge on any atom is -0.353 e. The minimum atomic E-state index is -3.74. The number of benzene rings is 1. The molecule has 1 atom stereocenters. The number of thiophene rings is 1. The molecule has 0 aliphatic carbocycles. The quantitative estimate of drug-likeness (QED) is 0.749. The molecule has 5 nitrogen and oxygen atoms in total. The third-order valence-electron chi connectivity index (χ3n) is 3.30. The molecule has 2 N–H and O–H groups in total. The molecule has 1 aromatic carbocycles. The van der Waals surface area contributed by atoms with E-state index >= 15 is 0 Å². The van der Waals surface area contributed by atoms with Crippen LogP contribution in [-0.4, -0.2) is 26.9 Å². The van der Waals surface area contributed by atoms with Crippen LogP contribution in [0.25, 0.3) is 0 Å². The Morgan fingerprint density at radius 3 is 2.58 bits per heavy atom. The van der Waals surface area contributed by atoms with Gasteiger partial charge in [-0.05, 0) is 60.0 Å². The van der Waals surface area contributed by atoms with Gasteiger partial charge < -0.3 is 5.32 Å². The second-order valence-corrected chi connectivity index (χ2v) is 7.95. The van der Waals surface area contributed by atoms with E-state index in [4.69, 9.17) is 0 Å². The Balaban J connectivity index is 1.76. The van der Waals surface area contributed by atoms with Gasteiger partial charge in [0, 0.05) is 19.0 Å². The number of hydrogen-bond donors (Lipinski definition) is 2. The lowest BCUT2D eigenvalue weighted by Gasteiger charge is -2.13. The van der Waals surface area contributed by atoms with Gasteiger partial charge in [-0.3, -0.25) is 4.79 Å². The van der Waals surface area contributed by atoms with Crippen molar-refractivity contribution in [1.29, 1.82) is 0 Å². The van der Waals surface area contributed by atoms with Crippen LogP contribution < -0.4 is 10.0 Å². The van der Waals surface area contributed by atoms with Crippen LogP contribution in [0, 0.1) is 5.82 Å². The van der Waals surface area contributed by atoms with Crippen LogP contribution >= 0.6 is 11.3 Å². The van der Waals surface area contributed by atoms with Crippen LogP contribution in [0.3, 0.4) is 0 Å². The van der Waals surface area contributed by atoms with E-state index in [0.29, 0.717) is 0 Å². The lowest BCUT2D eigenvalue weighted by atomic mass is 10.1. The SMILES string of the molecule is C[C@@H](Cc1ccsc1)NC(=O)CCNS(=O)(=O)c1ccc(F)cc1. The van der Waals surface area contributed by atoms with E-state index in [1.54, 1.807) is 11.3 Å². The number of nitrogens with one attached hydrogen (secondary N) is 2. The van der Waals surface area contributed by atoms with Gasteiger partial charge in [0.25, 0.3) is 0 Å². The van der Waals surface area contributed by atoms with Crippen molar-refractivity contribution in [3.05, 3.63) is 52.5 Å². The van der Waals surface area contributed by atoms with Crippen molar-refractivity contribution >= 4 is 27.3 Å². The highest BCUT2D eigenvalue weighted by Crippen LogP contribution is 2.10. The maximum Gasteiger partial charge on any atom is 0.240 e. The summed E-state index contributed by atoms with van der Waals surface area (Å²) in [5, 5.41) is 6.84. The molecule has 1 heterocycles. The highest BCUT2D eigenvalue weighted by atomic mass is 32.2. The molecule has 2 rings (SSSR count). The van der Waals surface area contributed by atoms with E-state index in [1.165, 1.54) is 12.1 Å². The fraction of sp³-hybridized carbons (Fsp3) is 0.312. The standard InChI is InChI=1S/C16H19FN2O3S2/c1-12(10-13-7-9-23-11-13)19-16(20)6-8-18-24(21,22)15-4-2-14(17)3-5-15/h2-5,7,9,11-12,18H,6,8,10H2,1H3,(H,19,20)/t12-/m0/s1. The predicted octanol–water partition coefficient (Wildman–Crippen LogP) is 2.30. The zero-order valence-corrected chi connectivity index (χ0v) is 14.8. The predicted molar refractivity (Wildman–Crippen MR) is 91.8 cm³/mol. The largest absolute Gasteiger partial charge is 0.353 e. The highest BCUT2D eigenvalue weighted by Gasteiger charge is 2.15. The summed E-state index contributed by atoms with van der Waals surface area (Å²) in [4.78, 5) is 11.8. The summed E-state index contributed by atoms with van der Waals surface area (Å²) < 4.78 is 39.1. The van der Waals surface area contributed by atoms with Crippen molar-refractivity contribution in [3.63, 3.8) is 0 Å². The van der Waals surface area contributed by atoms with E-state index in [2.05, 4.69) is 10.0 Å². The van der Waals surface area contributed by atoms with Crippen molar-refractivity contribution in [1.82, 2.24) is 10.0 Å². The number of hydrogen-bond acceptors (Lipinski definition) is 4. The molecule has 0 aliphatic heterocycles.